The average molecular weight is 284 g/mol. The Morgan fingerprint density at radius 3 is 2.55 bits per heavy atom. The number of ether oxygens (including phenoxy) is 1. The van der Waals surface area contributed by atoms with Gasteiger partial charge in [-0.05, 0) is 40.2 Å². The van der Waals surface area contributed by atoms with Crippen LogP contribution in [0.2, 0.25) is 0 Å². The first-order valence-electron chi connectivity index (χ1n) is 7.42. The zero-order chi connectivity index (χ0) is 15.3. The maximum absolute atomic E-state index is 11.8. The van der Waals surface area contributed by atoms with Gasteiger partial charge < -0.3 is 10.1 Å². The molecule has 0 bridgehead atoms. The third-order valence-electron chi connectivity index (χ3n) is 3.15. The number of nitrogens with one attached hydrogen (secondary N) is 1. The Balaban J connectivity index is 2.41. The summed E-state index contributed by atoms with van der Waals surface area (Å²) in [6.07, 6.45) is 1.97. The van der Waals surface area contributed by atoms with Crippen molar-refractivity contribution in [2.45, 2.75) is 59.1 Å². The number of likely N-dealkylation sites (tertiary alicyclic amines) is 1. The van der Waals surface area contributed by atoms with Gasteiger partial charge in [0.2, 0.25) is 5.91 Å². The molecule has 1 unspecified atom stereocenters. The molecular weight excluding hydrogens is 256 g/mol. The number of rotatable bonds is 4. The average Bonchev–Trinajstić information content (AvgIpc) is 2.26. The third-order valence-corrected chi connectivity index (χ3v) is 3.15. The van der Waals surface area contributed by atoms with Crippen molar-refractivity contribution in [2.75, 3.05) is 19.6 Å². The van der Waals surface area contributed by atoms with Crippen LogP contribution in [0.4, 0.5) is 0 Å². The number of carbonyl (C=O) groups excluding carboxylic acids is 2. The fraction of sp³-hybridized carbons (Fsp3) is 0.867. The van der Waals surface area contributed by atoms with E-state index in [1.807, 2.05) is 34.6 Å². The van der Waals surface area contributed by atoms with Crippen LogP contribution in [0.5, 0.6) is 0 Å². The molecule has 0 saturated carbocycles. The smallest absolute Gasteiger partial charge is 0.320 e. The highest BCUT2D eigenvalue weighted by atomic mass is 16.6. The highest BCUT2D eigenvalue weighted by Crippen LogP contribution is 2.12. The summed E-state index contributed by atoms with van der Waals surface area (Å²) in [5.41, 5.74) is -0.446. The lowest BCUT2D eigenvalue weighted by Gasteiger charge is -2.33. The summed E-state index contributed by atoms with van der Waals surface area (Å²) in [6.45, 7) is 11.3. The van der Waals surface area contributed by atoms with E-state index in [-0.39, 0.29) is 23.8 Å². The summed E-state index contributed by atoms with van der Waals surface area (Å²) in [7, 11) is 0. The molecule has 1 aliphatic heterocycles. The summed E-state index contributed by atoms with van der Waals surface area (Å²) < 4.78 is 5.33. The molecule has 0 aromatic carbocycles. The molecule has 20 heavy (non-hydrogen) atoms. The fourth-order valence-electron chi connectivity index (χ4n) is 2.24. The molecule has 0 spiro atoms. The third kappa shape index (κ3) is 6.37. The van der Waals surface area contributed by atoms with E-state index in [1.165, 1.54) is 0 Å². The van der Waals surface area contributed by atoms with Crippen molar-refractivity contribution in [2.24, 2.45) is 5.92 Å². The van der Waals surface area contributed by atoms with Crippen LogP contribution in [0.25, 0.3) is 0 Å². The Kier molecular flexibility index (Phi) is 5.99. The number of esters is 1. The van der Waals surface area contributed by atoms with E-state index >= 15 is 0 Å². The number of carbonyl (C=O) groups is 2. The molecule has 5 nitrogen and oxygen atoms in total. The molecule has 1 rings (SSSR count). The van der Waals surface area contributed by atoms with Gasteiger partial charge in [0.1, 0.15) is 5.60 Å². The van der Waals surface area contributed by atoms with E-state index in [2.05, 4.69) is 10.2 Å². The van der Waals surface area contributed by atoms with Crippen molar-refractivity contribution in [3.05, 3.63) is 0 Å². The second kappa shape index (κ2) is 7.07. The summed E-state index contributed by atoms with van der Waals surface area (Å²) in [4.78, 5) is 25.6. The van der Waals surface area contributed by atoms with Gasteiger partial charge in [-0.3, -0.25) is 14.5 Å². The lowest BCUT2D eigenvalue weighted by atomic mass is 10.0. The Labute approximate surface area is 122 Å². The second-order valence-corrected chi connectivity index (χ2v) is 6.82. The molecule has 1 fully saturated rings. The van der Waals surface area contributed by atoms with Crippen LogP contribution in [-0.4, -0.2) is 48.1 Å². The van der Waals surface area contributed by atoms with Gasteiger partial charge in [0.15, 0.2) is 0 Å². The van der Waals surface area contributed by atoms with Crippen LogP contribution in [0.1, 0.15) is 47.5 Å². The largest absolute Gasteiger partial charge is 0.459 e. The Bertz CT molecular complexity index is 348. The van der Waals surface area contributed by atoms with Crippen LogP contribution >= 0.6 is 0 Å². The Morgan fingerprint density at radius 2 is 2.00 bits per heavy atom. The molecule has 116 valence electrons. The minimum absolute atomic E-state index is 0.00349. The molecule has 0 aliphatic carbocycles. The number of hydrogen-bond acceptors (Lipinski definition) is 4. The first kappa shape index (κ1) is 17.0. The van der Waals surface area contributed by atoms with Gasteiger partial charge >= 0.3 is 5.97 Å². The van der Waals surface area contributed by atoms with Gasteiger partial charge in [0.25, 0.3) is 0 Å². The van der Waals surface area contributed by atoms with Gasteiger partial charge in [-0.25, -0.2) is 0 Å². The van der Waals surface area contributed by atoms with Gasteiger partial charge in [0.05, 0.1) is 6.54 Å². The summed E-state index contributed by atoms with van der Waals surface area (Å²) >= 11 is 0. The summed E-state index contributed by atoms with van der Waals surface area (Å²) in [5, 5.41) is 3.04. The first-order chi connectivity index (χ1) is 9.17. The lowest BCUT2D eigenvalue weighted by Crippen LogP contribution is -2.50. The van der Waals surface area contributed by atoms with Crippen LogP contribution in [0, 0.1) is 5.92 Å². The predicted molar refractivity (Wildman–Crippen MR) is 78.3 cm³/mol. The molecule has 0 aromatic rings. The van der Waals surface area contributed by atoms with Gasteiger partial charge in [-0.2, -0.15) is 0 Å². The van der Waals surface area contributed by atoms with E-state index in [0.717, 1.165) is 25.9 Å². The van der Waals surface area contributed by atoms with Crippen molar-refractivity contribution in [3.8, 4) is 0 Å². The molecule has 5 heteroatoms. The topological polar surface area (TPSA) is 58.6 Å². The van der Waals surface area contributed by atoms with Crippen LogP contribution in [0.3, 0.4) is 0 Å². The van der Waals surface area contributed by atoms with E-state index in [9.17, 15) is 9.59 Å². The molecular formula is C15H28N2O3. The number of piperidine rings is 1. The molecule has 1 amide bonds. The first-order valence-corrected chi connectivity index (χ1v) is 7.42. The maximum atomic E-state index is 11.8. The van der Waals surface area contributed by atoms with E-state index < -0.39 is 5.60 Å². The zero-order valence-corrected chi connectivity index (χ0v) is 13.4. The SMILES string of the molecule is CC(C)C(=O)NC1CCCN(CC(=O)OC(C)(C)C)C1. The maximum Gasteiger partial charge on any atom is 0.320 e. The van der Waals surface area contributed by atoms with Crippen molar-refractivity contribution in [1.82, 2.24) is 10.2 Å². The summed E-state index contributed by atoms with van der Waals surface area (Å²) in [6, 6.07) is 0.140. The van der Waals surface area contributed by atoms with Crippen molar-refractivity contribution < 1.29 is 14.3 Å². The second-order valence-electron chi connectivity index (χ2n) is 6.82. The van der Waals surface area contributed by atoms with E-state index in [0.29, 0.717) is 6.54 Å². The minimum atomic E-state index is -0.446. The Hall–Kier alpha value is -1.10. The highest BCUT2D eigenvalue weighted by Gasteiger charge is 2.25. The van der Waals surface area contributed by atoms with E-state index in [1.54, 1.807) is 0 Å². The Morgan fingerprint density at radius 1 is 1.35 bits per heavy atom. The fourth-order valence-corrected chi connectivity index (χ4v) is 2.24. The van der Waals surface area contributed by atoms with Gasteiger partial charge in [-0.1, -0.05) is 13.8 Å². The molecule has 1 atom stereocenters. The predicted octanol–water partition coefficient (Wildman–Crippen LogP) is 1.56. The van der Waals surface area contributed by atoms with Crippen molar-refractivity contribution in [1.29, 1.82) is 0 Å². The number of amides is 1. The minimum Gasteiger partial charge on any atom is -0.459 e. The molecule has 0 radical (unpaired) electrons. The monoisotopic (exact) mass is 284 g/mol. The van der Waals surface area contributed by atoms with Crippen molar-refractivity contribution >= 4 is 11.9 Å². The standard InChI is InChI=1S/C15H28N2O3/c1-11(2)14(19)16-12-7-6-8-17(9-12)10-13(18)20-15(3,4)5/h11-12H,6-10H2,1-5H3,(H,16,19). The van der Waals surface area contributed by atoms with E-state index in [4.69, 9.17) is 4.74 Å². The van der Waals surface area contributed by atoms with Gasteiger partial charge in [0, 0.05) is 18.5 Å². The highest BCUT2D eigenvalue weighted by molar-refractivity contribution is 5.78. The summed E-state index contributed by atoms with van der Waals surface area (Å²) in [5.74, 6) is -0.126. The van der Waals surface area contributed by atoms with Gasteiger partial charge in [-0.15, -0.1) is 0 Å². The molecule has 1 aliphatic rings. The van der Waals surface area contributed by atoms with Crippen LogP contribution in [-0.2, 0) is 14.3 Å². The molecule has 0 aromatic heterocycles. The number of hydrogen-bond donors (Lipinski definition) is 1. The normalized spacial score (nSPS) is 20.8. The van der Waals surface area contributed by atoms with Crippen LogP contribution in [0.15, 0.2) is 0 Å². The van der Waals surface area contributed by atoms with Crippen molar-refractivity contribution in [3.63, 3.8) is 0 Å². The molecule has 1 heterocycles. The lowest BCUT2D eigenvalue weighted by molar-refractivity contribution is -0.156. The quantitative estimate of drug-likeness (QED) is 0.796. The zero-order valence-electron chi connectivity index (χ0n) is 13.4. The van der Waals surface area contributed by atoms with Crippen LogP contribution < -0.4 is 5.32 Å². The molecule has 1 saturated heterocycles. The number of nitrogens with zero attached hydrogens (tertiary/aromatic N) is 1. The molecule has 1 N–H and O–H groups in total.